The number of hydrogen-bond acceptors (Lipinski definition) is 6. The minimum Gasteiger partial charge on any atom is -0.509 e. The van der Waals surface area contributed by atoms with Gasteiger partial charge in [-0.1, -0.05) is 37.0 Å². The molecule has 2 N–H and O–H groups in total. The van der Waals surface area contributed by atoms with Gasteiger partial charge in [-0.2, -0.15) is 0 Å². The first-order valence-corrected chi connectivity index (χ1v) is 10.1. The summed E-state index contributed by atoms with van der Waals surface area (Å²) in [5.41, 5.74) is 0.143. The number of carboxylic acid groups (broad SMARTS) is 1. The van der Waals surface area contributed by atoms with Crippen molar-refractivity contribution in [1.82, 2.24) is 5.32 Å². The monoisotopic (exact) mass is 457 g/mol. The number of hydrogen-bond donors (Lipinski definition) is 2. The Labute approximate surface area is 184 Å². The van der Waals surface area contributed by atoms with Gasteiger partial charge in [0.25, 0.3) is 11.9 Å². The molecule has 11 heteroatoms. The van der Waals surface area contributed by atoms with E-state index < -0.39 is 36.9 Å². The molecule has 1 aromatic rings. The average molecular weight is 458 g/mol. The van der Waals surface area contributed by atoms with Gasteiger partial charge in [0.1, 0.15) is 0 Å². The zero-order valence-corrected chi connectivity index (χ0v) is 18.0. The molecular formula is C19H22BCl2NO7. The minimum absolute atomic E-state index is 0.0635. The highest BCUT2D eigenvalue weighted by Gasteiger charge is 2.43. The van der Waals surface area contributed by atoms with Gasteiger partial charge in [-0.05, 0) is 30.5 Å². The molecule has 2 atom stereocenters. The van der Waals surface area contributed by atoms with Crippen LogP contribution in [0.1, 0.15) is 43.5 Å². The maximum Gasteiger partial charge on any atom is 0.531 e. The first-order chi connectivity index (χ1) is 14.1. The lowest BCUT2D eigenvalue weighted by Gasteiger charge is -2.30. The second-order valence-corrected chi connectivity index (χ2v) is 8.31. The van der Waals surface area contributed by atoms with Gasteiger partial charge in [-0.25, -0.2) is 4.79 Å². The van der Waals surface area contributed by atoms with Crippen molar-refractivity contribution in [3.63, 3.8) is 0 Å². The molecule has 8 nitrogen and oxygen atoms in total. The second kappa shape index (κ2) is 10.8. The fourth-order valence-electron chi connectivity index (χ4n) is 3.13. The van der Waals surface area contributed by atoms with Crippen LogP contribution >= 0.6 is 23.2 Å². The van der Waals surface area contributed by atoms with Crippen molar-refractivity contribution in [2.45, 2.75) is 45.0 Å². The van der Waals surface area contributed by atoms with Crippen molar-refractivity contribution in [2.24, 2.45) is 5.92 Å². The Hall–Kier alpha value is -2.10. The number of aliphatic carboxylic acids is 1. The quantitative estimate of drug-likeness (QED) is 0.547. The van der Waals surface area contributed by atoms with Crippen LogP contribution in [0.25, 0.3) is 0 Å². The Kier molecular flexibility index (Phi) is 8.70. The normalized spacial score (nSPS) is 17.4. The van der Waals surface area contributed by atoms with Gasteiger partial charge in [0.2, 0.25) is 0 Å². The zero-order chi connectivity index (χ0) is 22.4. The Balaban J connectivity index is 2.01. The molecule has 1 heterocycles. The number of ketones is 1. The maximum absolute atomic E-state index is 12.5. The summed E-state index contributed by atoms with van der Waals surface area (Å²) in [5, 5.41) is 12.2. The van der Waals surface area contributed by atoms with E-state index >= 15 is 0 Å². The Bertz CT molecular complexity index is 833. The second-order valence-electron chi connectivity index (χ2n) is 7.46. The Morgan fingerprint density at radius 2 is 2.00 bits per heavy atom. The molecule has 0 radical (unpaired) electrons. The lowest BCUT2D eigenvalue weighted by atomic mass is 9.64. The molecule has 1 amide bonds. The molecule has 0 aromatic heterocycles. The summed E-state index contributed by atoms with van der Waals surface area (Å²) in [7, 11) is -1.14. The lowest BCUT2D eigenvalue weighted by molar-refractivity contribution is -0.157. The topological polar surface area (TPSA) is 119 Å². The highest BCUT2D eigenvalue weighted by atomic mass is 35.5. The van der Waals surface area contributed by atoms with E-state index in [9.17, 15) is 19.2 Å². The molecule has 0 unspecified atom stereocenters. The van der Waals surface area contributed by atoms with E-state index in [4.69, 9.17) is 37.6 Å². The maximum atomic E-state index is 12.5. The van der Waals surface area contributed by atoms with Crippen molar-refractivity contribution in [2.75, 3.05) is 6.54 Å². The highest BCUT2D eigenvalue weighted by molar-refractivity contribution is 6.50. The zero-order valence-electron chi connectivity index (χ0n) is 16.5. The number of carbonyl (C=O) groups excluding carboxylic acids is 3. The number of carboxylic acids is 1. The SMILES string of the molecule is CC(C)C[C@H](CC(=O)CNC(=O)c1cc(Cl)ccc1Cl)B1OC(=O)C[C@@H](C(=O)O)O1. The molecule has 30 heavy (non-hydrogen) atoms. The third-order valence-corrected chi connectivity index (χ3v) is 5.01. The summed E-state index contributed by atoms with van der Waals surface area (Å²) >= 11 is 11.9. The van der Waals surface area contributed by atoms with E-state index in [0.29, 0.717) is 11.4 Å². The Morgan fingerprint density at radius 1 is 1.30 bits per heavy atom. The van der Waals surface area contributed by atoms with E-state index in [2.05, 4.69) is 5.32 Å². The van der Waals surface area contributed by atoms with Gasteiger partial charge in [-0.15, -0.1) is 0 Å². The standard InChI is InChI=1S/C19H22BCl2NO7/c1-10(2)5-11(20-29-16(19(27)28)8-17(25)30-20)6-13(24)9-23-18(26)14-7-12(21)3-4-15(14)22/h3-4,7,10-11,16H,5-6,8-9H2,1-2H3,(H,23,26)(H,27,28)/t11-,16+/m1/s1. The predicted octanol–water partition coefficient (Wildman–Crippen LogP) is 3.00. The largest absolute Gasteiger partial charge is 0.531 e. The molecule has 0 bridgehead atoms. The molecule has 1 aliphatic heterocycles. The van der Waals surface area contributed by atoms with Crippen molar-refractivity contribution >= 4 is 53.9 Å². The molecule has 2 rings (SSSR count). The van der Waals surface area contributed by atoms with Crippen LogP contribution in [0.5, 0.6) is 0 Å². The van der Waals surface area contributed by atoms with Crippen LogP contribution in [-0.2, 0) is 23.7 Å². The van der Waals surface area contributed by atoms with Crippen LogP contribution in [0.2, 0.25) is 15.9 Å². The minimum atomic E-state index is -1.31. The van der Waals surface area contributed by atoms with Crippen LogP contribution in [-0.4, -0.2) is 48.5 Å². The van der Waals surface area contributed by atoms with E-state index in [1.165, 1.54) is 18.2 Å². The average Bonchev–Trinajstić information content (AvgIpc) is 2.66. The lowest BCUT2D eigenvalue weighted by Crippen LogP contribution is -2.46. The van der Waals surface area contributed by atoms with E-state index in [0.717, 1.165) is 0 Å². The van der Waals surface area contributed by atoms with Crippen LogP contribution in [0.15, 0.2) is 18.2 Å². The van der Waals surface area contributed by atoms with Gasteiger partial charge in [0, 0.05) is 17.3 Å². The van der Waals surface area contributed by atoms with Gasteiger partial charge in [0.15, 0.2) is 11.9 Å². The molecule has 1 aliphatic rings. The van der Waals surface area contributed by atoms with Crippen molar-refractivity contribution in [3.8, 4) is 0 Å². The van der Waals surface area contributed by atoms with Crippen LogP contribution < -0.4 is 5.32 Å². The smallest absolute Gasteiger partial charge is 0.509 e. The molecule has 0 spiro atoms. The summed E-state index contributed by atoms with van der Waals surface area (Å²) in [6.45, 7) is 3.55. The third kappa shape index (κ3) is 7.00. The van der Waals surface area contributed by atoms with Crippen LogP contribution in [0.3, 0.4) is 0 Å². The van der Waals surface area contributed by atoms with E-state index in [1.54, 1.807) is 0 Å². The summed E-state index contributed by atoms with van der Waals surface area (Å²) < 4.78 is 10.6. The summed E-state index contributed by atoms with van der Waals surface area (Å²) in [5.74, 6) is -3.25. The number of Topliss-reactive ketones (excluding diaryl/α,β-unsaturated/α-hetero) is 1. The fraction of sp³-hybridized carbons (Fsp3) is 0.474. The molecule has 162 valence electrons. The molecule has 1 aromatic carbocycles. The van der Waals surface area contributed by atoms with Crippen LogP contribution in [0.4, 0.5) is 0 Å². The fourth-order valence-corrected chi connectivity index (χ4v) is 3.50. The number of amides is 1. The van der Waals surface area contributed by atoms with Crippen molar-refractivity contribution < 1.29 is 33.6 Å². The summed E-state index contributed by atoms with van der Waals surface area (Å²) in [6, 6.07) is 4.41. The van der Waals surface area contributed by atoms with E-state index in [-0.39, 0.29) is 41.7 Å². The predicted molar refractivity (Wildman–Crippen MR) is 111 cm³/mol. The first-order valence-electron chi connectivity index (χ1n) is 9.39. The number of nitrogens with one attached hydrogen (secondary N) is 1. The van der Waals surface area contributed by atoms with Crippen molar-refractivity contribution in [1.29, 1.82) is 0 Å². The van der Waals surface area contributed by atoms with Gasteiger partial charge in [0.05, 0.1) is 23.6 Å². The van der Waals surface area contributed by atoms with Gasteiger partial charge >= 0.3 is 13.1 Å². The molecule has 1 fully saturated rings. The van der Waals surface area contributed by atoms with Gasteiger partial charge in [-0.3, -0.25) is 14.4 Å². The first kappa shape index (κ1) is 24.2. The highest BCUT2D eigenvalue weighted by Crippen LogP contribution is 2.30. The number of halogens is 2. The van der Waals surface area contributed by atoms with Crippen molar-refractivity contribution in [3.05, 3.63) is 33.8 Å². The molecule has 1 saturated heterocycles. The number of carbonyl (C=O) groups is 4. The van der Waals surface area contributed by atoms with Crippen LogP contribution in [0, 0.1) is 5.92 Å². The number of benzene rings is 1. The van der Waals surface area contributed by atoms with E-state index in [1.807, 2.05) is 13.8 Å². The number of rotatable bonds is 9. The summed E-state index contributed by atoms with van der Waals surface area (Å²) in [4.78, 5) is 47.7. The Morgan fingerprint density at radius 3 is 2.63 bits per heavy atom. The van der Waals surface area contributed by atoms with Gasteiger partial charge < -0.3 is 19.7 Å². The molecular weight excluding hydrogens is 436 g/mol. The third-order valence-electron chi connectivity index (χ3n) is 4.44. The molecule has 0 saturated carbocycles. The molecule has 0 aliphatic carbocycles. The summed E-state index contributed by atoms with van der Waals surface area (Å²) in [6.07, 6.45) is -1.30.